The van der Waals surface area contributed by atoms with E-state index in [1.165, 1.54) is 10.9 Å². The van der Waals surface area contributed by atoms with E-state index in [9.17, 15) is 0 Å². The van der Waals surface area contributed by atoms with E-state index in [0.717, 1.165) is 111 Å². The topological polar surface area (TPSA) is 30.5 Å². The Morgan fingerprint density at radius 2 is 1.08 bits per heavy atom. The molecule has 0 saturated carbocycles. The monoisotopic (exact) mass is 792 g/mol. The van der Waals surface area contributed by atoms with Crippen molar-refractivity contribution in [3.05, 3.63) is 218 Å². The van der Waals surface area contributed by atoms with Gasteiger partial charge in [-0.15, -0.1) is 0 Å². The van der Waals surface area contributed by atoms with Crippen LogP contribution in [0.3, 0.4) is 0 Å². The first-order valence-corrected chi connectivity index (χ1v) is 21.1. The number of fused-ring (bicyclic) bond motifs is 10. The van der Waals surface area contributed by atoms with E-state index in [0.29, 0.717) is 0 Å². The van der Waals surface area contributed by atoms with Crippen molar-refractivity contribution in [2.45, 2.75) is 0 Å². The van der Waals surface area contributed by atoms with Crippen LogP contribution in [-0.4, -0.2) is 4.57 Å². The van der Waals surface area contributed by atoms with Gasteiger partial charge in [0.1, 0.15) is 11.2 Å². The zero-order valence-corrected chi connectivity index (χ0v) is 33.5. The van der Waals surface area contributed by atoms with Crippen molar-refractivity contribution in [1.29, 1.82) is 0 Å². The van der Waals surface area contributed by atoms with Crippen LogP contribution >= 0.6 is 0 Å². The standard InChI is InChI=1S/C58H36N2O2/c1-3-15-37(16-4-1)40-30-33-49(46(35-40)38-17-5-2-6-18-38)59(52-25-14-27-54-56(52)45-32-29-39-19-7-8-21-43(39)58(45)62-54)48-23-10-9-20-42(48)41-31-34-50-47(36-41)44-22-13-28-55-57(44)60(50)51-24-11-12-26-53(51)61-55/h1-36H. The maximum absolute atomic E-state index is 6.84. The Labute approximate surface area is 357 Å². The minimum atomic E-state index is 0.844. The van der Waals surface area contributed by atoms with E-state index in [-0.39, 0.29) is 0 Å². The van der Waals surface area contributed by atoms with Crippen molar-refractivity contribution in [2.24, 2.45) is 0 Å². The summed E-state index contributed by atoms with van der Waals surface area (Å²) in [4.78, 5) is 2.46. The van der Waals surface area contributed by atoms with Gasteiger partial charge in [0.15, 0.2) is 11.5 Å². The predicted molar refractivity (Wildman–Crippen MR) is 257 cm³/mol. The molecule has 1 aliphatic heterocycles. The molecule has 4 heteroatoms. The number of para-hydroxylation sites is 4. The van der Waals surface area contributed by atoms with Gasteiger partial charge in [0.25, 0.3) is 0 Å². The third-order valence-corrected chi connectivity index (χ3v) is 12.6. The van der Waals surface area contributed by atoms with Crippen molar-refractivity contribution in [3.8, 4) is 50.6 Å². The maximum atomic E-state index is 6.84. The van der Waals surface area contributed by atoms with Crippen LogP contribution in [0.1, 0.15) is 0 Å². The van der Waals surface area contributed by atoms with Gasteiger partial charge in [0.2, 0.25) is 0 Å². The molecule has 1 aliphatic rings. The van der Waals surface area contributed by atoms with E-state index < -0.39 is 0 Å². The lowest BCUT2D eigenvalue weighted by Gasteiger charge is -2.31. The summed E-state index contributed by atoms with van der Waals surface area (Å²) < 4.78 is 15.7. The fourth-order valence-electron chi connectivity index (χ4n) is 9.80. The molecule has 0 N–H and O–H groups in total. The largest absolute Gasteiger partial charge is 0.455 e. The van der Waals surface area contributed by atoms with Gasteiger partial charge in [-0.2, -0.15) is 0 Å². The van der Waals surface area contributed by atoms with Gasteiger partial charge in [-0.25, -0.2) is 0 Å². The van der Waals surface area contributed by atoms with Crippen LogP contribution in [-0.2, 0) is 0 Å². The molecular formula is C58H36N2O2. The number of hydrogen-bond donors (Lipinski definition) is 0. The molecule has 13 rings (SSSR count). The first-order valence-electron chi connectivity index (χ1n) is 21.1. The molecule has 3 heterocycles. The molecule has 12 aromatic rings. The summed E-state index contributed by atoms with van der Waals surface area (Å²) in [5, 5.41) is 6.74. The average Bonchev–Trinajstić information content (AvgIpc) is 3.90. The van der Waals surface area contributed by atoms with Gasteiger partial charge in [0.05, 0.1) is 39.2 Å². The summed E-state index contributed by atoms with van der Waals surface area (Å²) in [7, 11) is 0. The molecule has 290 valence electrons. The predicted octanol–water partition coefficient (Wildman–Crippen LogP) is 16.4. The summed E-state index contributed by atoms with van der Waals surface area (Å²) in [6.07, 6.45) is 0. The minimum absolute atomic E-state index is 0.844. The highest BCUT2D eigenvalue weighted by atomic mass is 16.5. The van der Waals surface area contributed by atoms with Crippen LogP contribution < -0.4 is 9.64 Å². The Bertz CT molecular complexity index is 3730. The van der Waals surface area contributed by atoms with Gasteiger partial charge in [-0.3, -0.25) is 0 Å². The SMILES string of the molecule is c1ccc(-c2ccc(N(c3ccccc3-c3ccc4c(c3)c3cccc5c3n4-c3ccccc3O5)c3cccc4oc5c6ccccc6ccc5c34)c(-c3ccccc3)c2)cc1. The molecule has 0 saturated heterocycles. The van der Waals surface area contributed by atoms with Crippen LogP contribution in [0.2, 0.25) is 0 Å². The first kappa shape index (κ1) is 34.5. The van der Waals surface area contributed by atoms with Crippen molar-refractivity contribution >= 4 is 71.6 Å². The van der Waals surface area contributed by atoms with Crippen molar-refractivity contribution < 1.29 is 9.15 Å². The number of anilines is 3. The smallest absolute Gasteiger partial charge is 0.152 e. The van der Waals surface area contributed by atoms with Crippen LogP contribution in [0.5, 0.6) is 11.5 Å². The number of aromatic nitrogens is 1. The van der Waals surface area contributed by atoms with E-state index in [2.05, 4.69) is 216 Å². The van der Waals surface area contributed by atoms with E-state index in [1.807, 2.05) is 12.1 Å². The number of furan rings is 1. The maximum Gasteiger partial charge on any atom is 0.152 e. The minimum Gasteiger partial charge on any atom is -0.455 e. The second kappa shape index (κ2) is 13.6. The molecular weight excluding hydrogens is 757 g/mol. The van der Waals surface area contributed by atoms with Crippen molar-refractivity contribution in [1.82, 2.24) is 4.57 Å². The van der Waals surface area contributed by atoms with E-state index in [1.54, 1.807) is 0 Å². The van der Waals surface area contributed by atoms with Gasteiger partial charge in [-0.05, 0) is 94.4 Å². The Balaban J connectivity index is 1.10. The Morgan fingerprint density at radius 1 is 0.387 bits per heavy atom. The lowest BCUT2D eigenvalue weighted by molar-refractivity contribution is 0.476. The summed E-state index contributed by atoms with van der Waals surface area (Å²) in [6, 6.07) is 78.1. The summed E-state index contributed by atoms with van der Waals surface area (Å²) in [5.41, 5.74) is 15.0. The third kappa shape index (κ3) is 5.20. The molecule has 62 heavy (non-hydrogen) atoms. The molecule has 0 aliphatic carbocycles. The van der Waals surface area contributed by atoms with E-state index in [4.69, 9.17) is 9.15 Å². The highest BCUT2D eigenvalue weighted by Gasteiger charge is 2.27. The summed E-state index contributed by atoms with van der Waals surface area (Å²) in [5.74, 6) is 1.72. The molecule has 2 aromatic heterocycles. The van der Waals surface area contributed by atoms with Gasteiger partial charge < -0.3 is 18.6 Å². The van der Waals surface area contributed by atoms with Crippen LogP contribution in [0.15, 0.2) is 223 Å². The first-order chi connectivity index (χ1) is 30.8. The number of hydrogen-bond acceptors (Lipinski definition) is 3. The zero-order valence-electron chi connectivity index (χ0n) is 33.5. The Kier molecular flexibility index (Phi) is 7.57. The Morgan fingerprint density at radius 3 is 1.98 bits per heavy atom. The number of benzene rings is 10. The number of nitrogens with zero attached hydrogens (tertiary/aromatic N) is 2. The number of rotatable bonds is 6. The molecule has 0 spiro atoms. The van der Waals surface area contributed by atoms with Crippen molar-refractivity contribution in [3.63, 3.8) is 0 Å². The van der Waals surface area contributed by atoms with Crippen molar-refractivity contribution in [2.75, 3.05) is 4.90 Å². The van der Waals surface area contributed by atoms with Crippen LogP contribution in [0, 0.1) is 0 Å². The highest BCUT2D eigenvalue weighted by Crippen LogP contribution is 2.51. The third-order valence-electron chi connectivity index (χ3n) is 12.6. The fraction of sp³-hybridized carbons (Fsp3) is 0. The lowest BCUT2D eigenvalue weighted by atomic mass is 9.94. The van der Waals surface area contributed by atoms with E-state index >= 15 is 0 Å². The number of ether oxygens (including phenoxy) is 1. The summed E-state index contributed by atoms with van der Waals surface area (Å²) >= 11 is 0. The molecule has 4 nitrogen and oxygen atoms in total. The average molecular weight is 793 g/mol. The normalized spacial score (nSPS) is 12.0. The molecule has 0 unspecified atom stereocenters. The second-order valence-corrected chi connectivity index (χ2v) is 16.0. The highest BCUT2D eigenvalue weighted by molar-refractivity contribution is 6.20. The molecule has 0 amide bonds. The van der Waals surface area contributed by atoms with Crippen LogP contribution in [0.4, 0.5) is 17.1 Å². The Hall–Kier alpha value is -8.34. The van der Waals surface area contributed by atoms with Crippen LogP contribution in [0.25, 0.3) is 93.6 Å². The molecule has 0 bridgehead atoms. The lowest BCUT2D eigenvalue weighted by Crippen LogP contribution is -2.13. The molecule has 0 radical (unpaired) electrons. The quantitative estimate of drug-likeness (QED) is 0.168. The molecule has 10 aromatic carbocycles. The second-order valence-electron chi connectivity index (χ2n) is 16.0. The molecule has 0 fully saturated rings. The van der Waals surface area contributed by atoms with Gasteiger partial charge >= 0.3 is 0 Å². The zero-order chi connectivity index (χ0) is 40.7. The fourth-order valence-corrected chi connectivity index (χ4v) is 9.80. The summed E-state index contributed by atoms with van der Waals surface area (Å²) in [6.45, 7) is 0. The van der Waals surface area contributed by atoms with Gasteiger partial charge in [-0.1, -0.05) is 152 Å². The van der Waals surface area contributed by atoms with Gasteiger partial charge in [0, 0.05) is 32.7 Å². The molecule has 0 atom stereocenters.